The third-order valence-corrected chi connectivity index (χ3v) is 6.50. The predicted octanol–water partition coefficient (Wildman–Crippen LogP) is 3.05. The van der Waals surface area contributed by atoms with E-state index in [-0.39, 0.29) is 35.2 Å². The van der Waals surface area contributed by atoms with Crippen molar-refractivity contribution >= 4 is 35.0 Å². The van der Waals surface area contributed by atoms with Crippen LogP contribution in [0.25, 0.3) is 6.08 Å². The number of aromatic amines is 1. The summed E-state index contributed by atoms with van der Waals surface area (Å²) in [6.45, 7) is 0.247. The van der Waals surface area contributed by atoms with Gasteiger partial charge in [0.15, 0.2) is 17.4 Å². The molecular formula is C26H25F2N5O5S. The Labute approximate surface area is 226 Å². The van der Waals surface area contributed by atoms with Crippen LogP contribution in [-0.2, 0) is 27.2 Å². The second-order valence-electron chi connectivity index (χ2n) is 8.64. The molecular weight excluding hydrogens is 532 g/mol. The van der Waals surface area contributed by atoms with Gasteiger partial charge in [-0.25, -0.2) is 13.8 Å². The Hall–Kier alpha value is -4.07. The molecule has 1 aromatic heterocycles. The lowest BCUT2D eigenvalue weighted by atomic mass is 10.0. The topological polar surface area (TPSA) is 148 Å². The summed E-state index contributed by atoms with van der Waals surface area (Å²) in [6, 6.07) is 7.05. The molecule has 1 aliphatic rings. The first-order valence-corrected chi connectivity index (χ1v) is 12.6. The van der Waals surface area contributed by atoms with Crippen LogP contribution < -0.4 is 21.1 Å². The van der Waals surface area contributed by atoms with Crippen LogP contribution in [0.1, 0.15) is 16.8 Å². The van der Waals surface area contributed by atoms with E-state index in [0.29, 0.717) is 12.0 Å². The molecule has 2 aromatic carbocycles. The number of nitrogens with zero attached hydrogens (tertiary/aromatic N) is 1. The molecule has 0 bridgehead atoms. The van der Waals surface area contributed by atoms with Gasteiger partial charge in [0.05, 0.1) is 18.3 Å². The van der Waals surface area contributed by atoms with E-state index < -0.39 is 40.5 Å². The molecule has 3 aromatic rings. The van der Waals surface area contributed by atoms with Crippen molar-refractivity contribution in [3.8, 4) is 11.5 Å². The summed E-state index contributed by atoms with van der Waals surface area (Å²) in [4.78, 5) is 42.4. The summed E-state index contributed by atoms with van der Waals surface area (Å²) >= 11 is 0.780. The zero-order valence-electron chi connectivity index (χ0n) is 20.7. The highest BCUT2D eigenvalue weighted by atomic mass is 32.2. The molecule has 10 nitrogen and oxygen atoms in total. The summed E-state index contributed by atoms with van der Waals surface area (Å²) in [5.74, 6) is -3.44. The van der Waals surface area contributed by atoms with Crippen molar-refractivity contribution in [3.63, 3.8) is 0 Å². The van der Waals surface area contributed by atoms with Gasteiger partial charge in [0.25, 0.3) is 11.1 Å². The van der Waals surface area contributed by atoms with Gasteiger partial charge in [-0.15, -0.1) is 0 Å². The van der Waals surface area contributed by atoms with Crippen molar-refractivity contribution in [2.45, 2.75) is 24.9 Å². The highest BCUT2D eigenvalue weighted by Gasteiger charge is 2.25. The Morgan fingerprint density at radius 2 is 1.90 bits per heavy atom. The van der Waals surface area contributed by atoms with Gasteiger partial charge >= 0.3 is 5.97 Å². The maximum atomic E-state index is 14.9. The number of carbonyl (C=O) groups excluding carboxylic acids is 3. The Morgan fingerprint density at radius 3 is 2.49 bits per heavy atom. The molecule has 0 spiro atoms. The monoisotopic (exact) mass is 557 g/mol. The van der Waals surface area contributed by atoms with Crippen molar-refractivity contribution < 1.29 is 32.6 Å². The maximum Gasteiger partial charge on any atom is 0.323 e. The van der Waals surface area contributed by atoms with Gasteiger partial charge in [-0.05, 0) is 59.7 Å². The second-order valence-corrected chi connectivity index (χ2v) is 9.66. The molecule has 1 saturated heterocycles. The highest BCUT2D eigenvalue weighted by molar-refractivity contribution is 8.18. The normalized spacial score (nSPS) is 15.7. The van der Waals surface area contributed by atoms with Crippen molar-refractivity contribution in [1.82, 2.24) is 20.6 Å². The number of amides is 2. The van der Waals surface area contributed by atoms with E-state index in [1.165, 1.54) is 31.6 Å². The van der Waals surface area contributed by atoms with Crippen LogP contribution >= 0.6 is 11.8 Å². The quantitative estimate of drug-likeness (QED) is 0.206. The molecule has 0 radical (unpaired) electrons. The number of methoxy groups -OCH3 is 1. The van der Waals surface area contributed by atoms with Gasteiger partial charge in [-0.2, -0.15) is 0 Å². The average molecular weight is 558 g/mol. The molecule has 39 heavy (non-hydrogen) atoms. The lowest BCUT2D eigenvalue weighted by Gasteiger charge is -2.20. The number of imide groups is 1. The van der Waals surface area contributed by atoms with E-state index in [1.807, 2.05) is 0 Å². The summed E-state index contributed by atoms with van der Waals surface area (Å²) in [6.07, 6.45) is 5.15. The Kier molecular flexibility index (Phi) is 9.07. The van der Waals surface area contributed by atoms with Crippen LogP contribution in [0.4, 0.5) is 13.6 Å². The largest absolute Gasteiger partial charge is 0.468 e. The highest BCUT2D eigenvalue weighted by Crippen LogP contribution is 2.30. The fourth-order valence-corrected chi connectivity index (χ4v) is 4.49. The van der Waals surface area contributed by atoms with Crippen LogP contribution in [0.5, 0.6) is 11.5 Å². The number of H-pyrrole nitrogens is 1. The lowest BCUT2D eigenvalue weighted by molar-refractivity contribution is -0.143. The van der Waals surface area contributed by atoms with Crippen molar-refractivity contribution in [1.29, 1.82) is 0 Å². The zero-order chi connectivity index (χ0) is 27.9. The number of nitrogens with two attached hydrogens (primary N) is 1. The molecule has 5 N–H and O–H groups in total. The number of thioether (sulfide) groups is 1. The SMILES string of the molecule is COC(=O)C(Cc1cc(F)c(Oc2ccc(C=C3SC(=O)NC3=O)cc2)c(F)c1)NCC(N)Cc1cnc[nH]1. The first-order chi connectivity index (χ1) is 18.7. The number of aromatic nitrogens is 2. The molecule has 204 valence electrons. The van der Waals surface area contributed by atoms with Crippen LogP contribution in [-0.4, -0.2) is 52.8 Å². The fourth-order valence-electron chi connectivity index (χ4n) is 3.81. The van der Waals surface area contributed by atoms with Gasteiger partial charge in [0.2, 0.25) is 0 Å². The van der Waals surface area contributed by atoms with E-state index in [4.69, 9.17) is 15.2 Å². The lowest BCUT2D eigenvalue weighted by Crippen LogP contribution is -2.46. The second kappa shape index (κ2) is 12.7. The van der Waals surface area contributed by atoms with Gasteiger partial charge in [0.1, 0.15) is 11.8 Å². The van der Waals surface area contributed by atoms with Gasteiger partial charge in [-0.1, -0.05) is 12.1 Å². The minimum atomic E-state index is -0.951. The fraction of sp³-hybridized carbons (Fsp3) is 0.231. The average Bonchev–Trinajstić information content (AvgIpc) is 3.52. The Bertz CT molecular complexity index is 1360. The number of imidazole rings is 1. The van der Waals surface area contributed by atoms with E-state index in [9.17, 15) is 23.2 Å². The maximum absolute atomic E-state index is 14.9. The summed E-state index contributed by atoms with van der Waals surface area (Å²) in [7, 11) is 1.22. The van der Waals surface area contributed by atoms with Crippen LogP contribution in [0, 0.1) is 11.6 Å². The molecule has 0 saturated carbocycles. The van der Waals surface area contributed by atoms with Gasteiger partial charge < -0.3 is 25.5 Å². The van der Waals surface area contributed by atoms with Crippen molar-refractivity contribution in [2.75, 3.05) is 13.7 Å². The minimum Gasteiger partial charge on any atom is -0.468 e. The minimum absolute atomic E-state index is 0.0466. The number of benzene rings is 2. The number of halogens is 2. The number of hydrogen-bond donors (Lipinski definition) is 4. The van der Waals surface area contributed by atoms with E-state index in [2.05, 4.69) is 20.6 Å². The molecule has 1 fully saturated rings. The van der Waals surface area contributed by atoms with Crippen molar-refractivity contribution in [2.24, 2.45) is 5.73 Å². The number of rotatable bonds is 11. The summed E-state index contributed by atoms with van der Waals surface area (Å²) in [5.41, 5.74) is 7.76. The standard InChI is InChI=1S/C26H25F2N5O5S/c1-37-25(35)21(31-11-16(29)10-17-12-30-13-32-17)8-15-6-19(27)23(20(28)7-15)38-18-4-2-14(3-5-18)9-22-24(34)33-26(36)39-22/h2-7,9,12-13,16,21,31H,8,10-11,29H2,1H3,(H,30,32)(H,33,34,36). The number of ether oxygens (including phenoxy) is 2. The third-order valence-electron chi connectivity index (χ3n) is 5.69. The van der Waals surface area contributed by atoms with Crippen LogP contribution in [0.2, 0.25) is 0 Å². The summed E-state index contributed by atoms with van der Waals surface area (Å²) in [5, 5.41) is 4.70. The third kappa shape index (κ3) is 7.50. The van der Waals surface area contributed by atoms with E-state index in [1.54, 1.807) is 18.3 Å². The Balaban J connectivity index is 1.40. The number of nitrogens with one attached hydrogen (secondary N) is 3. The van der Waals surface area contributed by atoms with Gasteiger partial charge in [0, 0.05) is 30.9 Å². The molecule has 4 rings (SSSR count). The molecule has 2 amide bonds. The molecule has 2 heterocycles. The number of hydrogen-bond acceptors (Lipinski definition) is 9. The van der Waals surface area contributed by atoms with Crippen LogP contribution in [0.15, 0.2) is 53.8 Å². The first kappa shape index (κ1) is 28.0. The predicted molar refractivity (Wildman–Crippen MR) is 140 cm³/mol. The molecule has 2 unspecified atom stereocenters. The van der Waals surface area contributed by atoms with E-state index >= 15 is 0 Å². The van der Waals surface area contributed by atoms with E-state index in [0.717, 1.165) is 29.6 Å². The number of esters is 1. The number of carbonyl (C=O) groups is 3. The van der Waals surface area contributed by atoms with Crippen molar-refractivity contribution in [3.05, 3.63) is 82.3 Å². The molecule has 0 aliphatic carbocycles. The molecule has 1 aliphatic heterocycles. The van der Waals surface area contributed by atoms with Crippen LogP contribution in [0.3, 0.4) is 0 Å². The molecule has 2 atom stereocenters. The zero-order valence-corrected chi connectivity index (χ0v) is 21.5. The smallest absolute Gasteiger partial charge is 0.323 e. The van der Waals surface area contributed by atoms with Gasteiger partial charge in [-0.3, -0.25) is 19.7 Å². The summed E-state index contributed by atoms with van der Waals surface area (Å²) < 4.78 is 40.0. The first-order valence-electron chi connectivity index (χ1n) is 11.8. The Morgan fingerprint density at radius 1 is 1.18 bits per heavy atom. The molecule has 13 heteroatoms.